The molecule has 1 fully saturated rings. The van der Waals surface area contributed by atoms with Crippen LogP contribution in [0, 0.1) is 0 Å². The minimum atomic E-state index is 0.0573. The van der Waals surface area contributed by atoms with Crippen molar-refractivity contribution in [1.82, 2.24) is 10.2 Å². The fraction of sp³-hybridized carbons (Fsp3) is 0.909. The second kappa shape index (κ2) is 6.02. The quantitative estimate of drug-likeness (QED) is 0.740. The molecule has 1 amide bonds. The highest BCUT2D eigenvalue weighted by Gasteiger charge is 2.21. The van der Waals surface area contributed by atoms with E-state index in [2.05, 4.69) is 17.1 Å². The minimum Gasteiger partial charge on any atom is -0.355 e. The summed E-state index contributed by atoms with van der Waals surface area (Å²) in [5.74, 6) is 0.189. The first kappa shape index (κ1) is 11.5. The van der Waals surface area contributed by atoms with E-state index in [4.69, 9.17) is 0 Å². The first-order valence-electron chi connectivity index (χ1n) is 5.77. The summed E-state index contributed by atoms with van der Waals surface area (Å²) in [6.07, 6.45) is 4.81. The lowest BCUT2D eigenvalue weighted by Gasteiger charge is -2.31. The monoisotopic (exact) mass is 198 g/mol. The standard InChI is InChI=1S/C11H22N2O/c1-3-7-12-11(14)10(2)13-8-5-4-6-9-13/h10H,3-9H2,1-2H3,(H,12,14). The van der Waals surface area contributed by atoms with Crippen molar-refractivity contribution in [2.45, 2.75) is 45.6 Å². The predicted octanol–water partition coefficient (Wildman–Crippen LogP) is 1.39. The third-order valence-corrected chi connectivity index (χ3v) is 2.87. The SMILES string of the molecule is CCCNC(=O)C(C)N1CCCCC1. The van der Waals surface area contributed by atoms with Gasteiger partial charge in [0.15, 0.2) is 0 Å². The highest BCUT2D eigenvalue weighted by Crippen LogP contribution is 2.11. The zero-order valence-electron chi connectivity index (χ0n) is 9.38. The number of hydrogen-bond acceptors (Lipinski definition) is 2. The van der Waals surface area contributed by atoms with E-state index in [0.717, 1.165) is 26.1 Å². The van der Waals surface area contributed by atoms with Crippen molar-refractivity contribution in [2.75, 3.05) is 19.6 Å². The maximum atomic E-state index is 11.6. The molecule has 0 aliphatic carbocycles. The zero-order valence-corrected chi connectivity index (χ0v) is 9.38. The molecule has 0 aromatic carbocycles. The largest absolute Gasteiger partial charge is 0.355 e. The third kappa shape index (κ3) is 3.29. The van der Waals surface area contributed by atoms with Crippen LogP contribution in [0.3, 0.4) is 0 Å². The maximum absolute atomic E-state index is 11.6. The van der Waals surface area contributed by atoms with Crippen LogP contribution in [-0.4, -0.2) is 36.5 Å². The van der Waals surface area contributed by atoms with E-state index in [1.807, 2.05) is 6.92 Å². The summed E-state index contributed by atoms with van der Waals surface area (Å²) >= 11 is 0. The van der Waals surface area contributed by atoms with Crippen LogP contribution in [0.4, 0.5) is 0 Å². The molecule has 3 nitrogen and oxygen atoms in total. The summed E-state index contributed by atoms with van der Waals surface area (Å²) in [5, 5.41) is 2.95. The molecule has 0 spiro atoms. The molecule has 14 heavy (non-hydrogen) atoms. The third-order valence-electron chi connectivity index (χ3n) is 2.87. The van der Waals surface area contributed by atoms with Gasteiger partial charge in [0, 0.05) is 6.54 Å². The van der Waals surface area contributed by atoms with Gasteiger partial charge in [-0.1, -0.05) is 13.3 Å². The molecule has 1 aliphatic rings. The fourth-order valence-electron chi connectivity index (χ4n) is 1.87. The first-order chi connectivity index (χ1) is 6.75. The van der Waals surface area contributed by atoms with Crippen LogP contribution < -0.4 is 5.32 Å². The predicted molar refractivity (Wildman–Crippen MR) is 58.2 cm³/mol. The Labute approximate surface area is 86.9 Å². The van der Waals surface area contributed by atoms with Crippen LogP contribution in [-0.2, 0) is 4.79 Å². The smallest absolute Gasteiger partial charge is 0.237 e. The normalized spacial score (nSPS) is 20.4. The molecule has 1 heterocycles. The zero-order chi connectivity index (χ0) is 10.4. The number of nitrogens with one attached hydrogen (secondary N) is 1. The van der Waals surface area contributed by atoms with Crippen molar-refractivity contribution in [2.24, 2.45) is 0 Å². The van der Waals surface area contributed by atoms with Gasteiger partial charge in [0.25, 0.3) is 0 Å². The number of carbonyl (C=O) groups excluding carboxylic acids is 1. The van der Waals surface area contributed by atoms with E-state index in [1.165, 1.54) is 19.3 Å². The van der Waals surface area contributed by atoms with E-state index in [1.54, 1.807) is 0 Å². The maximum Gasteiger partial charge on any atom is 0.237 e. The van der Waals surface area contributed by atoms with E-state index in [0.29, 0.717) is 0 Å². The number of carbonyl (C=O) groups is 1. The van der Waals surface area contributed by atoms with Crippen LogP contribution in [0.25, 0.3) is 0 Å². The molecule has 0 saturated carbocycles. The fourth-order valence-corrected chi connectivity index (χ4v) is 1.87. The summed E-state index contributed by atoms with van der Waals surface area (Å²) in [4.78, 5) is 13.9. The minimum absolute atomic E-state index is 0.0573. The molecule has 3 heteroatoms. The molecule has 0 radical (unpaired) electrons. The number of hydrogen-bond donors (Lipinski definition) is 1. The molecule has 1 N–H and O–H groups in total. The van der Waals surface area contributed by atoms with Gasteiger partial charge in [0.2, 0.25) is 5.91 Å². The van der Waals surface area contributed by atoms with Crippen molar-refractivity contribution in [1.29, 1.82) is 0 Å². The van der Waals surface area contributed by atoms with Gasteiger partial charge < -0.3 is 5.32 Å². The Morgan fingerprint density at radius 3 is 2.57 bits per heavy atom. The highest BCUT2D eigenvalue weighted by molar-refractivity contribution is 5.81. The molecular weight excluding hydrogens is 176 g/mol. The van der Waals surface area contributed by atoms with Crippen LogP contribution in [0.1, 0.15) is 39.5 Å². The summed E-state index contributed by atoms with van der Waals surface area (Å²) in [5.41, 5.74) is 0. The molecule has 82 valence electrons. The molecule has 1 atom stereocenters. The molecule has 0 aromatic rings. The Hall–Kier alpha value is -0.570. The molecule has 1 rings (SSSR count). The average Bonchev–Trinajstić information content (AvgIpc) is 2.26. The topological polar surface area (TPSA) is 32.3 Å². The lowest BCUT2D eigenvalue weighted by atomic mass is 10.1. The second-order valence-corrected chi connectivity index (χ2v) is 4.06. The Bertz CT molecular complexity index is 176. The Morgan fingerprint density at radius 2 is 2.00 bits per heavy atom. The van der Waals surface area contributed by atoms with Gasteiger partial charge in [-0.25, -0.2) is 0 Å². The van der Waals surface area contributed by atoms with Gasteiger partial charge in [-0.05, 0) is 39.3 Å². The molecular formula is C11H22N2O. The van der Waals surface area contributed by atoms with E-state index < -0.39 is 0 Å². The summed E-state index contributed by atoms with van der Waals surface area (Å²) < 4.78 is 0. The van der Waals surface area contributed by atoms with Gasteiger partial charge in [-0.15, -0.1) is 0 Å². The Morgan fingerprint density at radius 1 is 1.36 bits per heavy atom. The van der Waals surface area contributed by atoms with Crippen molar-refractivity contribution in [3.8, 4) is 0 Å². The number of nitrogens with zero attached hydrogens (tertiary/aromatic N) is 1. The number of amides is 1. The van der Waals surface area contributed by atoms with Crippen molar-refractivity contribution < 1.29 is 4.79 Å². The molecule has 0 aromatic heterocycles. The number of piperidine rings is 1. The van der Waals surface area contributed by atoms with Gasteiger partial charge in [0.1, 0.15) is 0 Å². The number of likely N-dealkylation sites (tertiary alicyclic amines) is 1. The van der Waals surface area contributed by atoms with Crippen LogP contribution >= 0.6 is 0 Å². The van der Waals surface area contributed by atoms with Crippen molar-refractivity contribution >= 4 is 5.91 Å². The molecule has 0 bridgehead atoms. The van der Waals surface area contributed by atoms with Gasteiger partial charge in [0.05, 0.1) is 6.04 Å². The molecule has 1 aliphatic heterocycles. The van der Waals surface area contributed by atoms with E-state index in [-0.39, 0.29) is 11.9 Å². The van der Waals surface area contributed by atoms with Crippen LogP contribution in [0.15, 0.2) is 0 Å². The van der Waals surface area contributed by atoms with Crippen molar-refractivity contribution in [3.63, 3.8) is 0 Å². The van der Waals surface area contributed by atoms with E-state index >= 15 is 0 Å². The lowest BCUT2D eigenvalue weighted by Crippen LogP contribution is -2.47. The second-order valence-electron chi connectivity index (χ2n) is 4.06. The highest BCUT2D eigenvalue weighted by atomic mass is 16.2. The first-order valence-corrected chi connectivity index (χ1v) is 5.77. The number of rotatable bonds is 4. The van der Waals surface area contributed by atoms with Crippen LogP contribution in [0.5, 0.6) is 0 Å². The summed E-state index contributed by atoms with van der Waals surface area (Å²) in [6, 6.07) is 0.0573. The summed E-state index contributed by atoms with van der Waals surface area (Å²) in [7, 11) is 0. The van der Waals surface area contributed by atoms with Crippen LogP contribution in [0.2, 0.25) is 0 Å². The Kier molecular flexibility index (Phi) is 4.94. The van der Waals surface area contributed by atoms with Gasteiger partial charge in [-0.3, -0.25) is 9.69 Å². The average molecular weight is 198 g/mol. The summed E-state index contributed by atoms with van der Waals surface area (Å²) in [6.45, 7) is 7.06. The molecule has 1 saturated heterocycles. The Balaban J connectivity index is 2.30. The van der Waals surface area contributed by atoms with Crippen molar-refractivity contribution in [3.05, 3.63) is 0 Å². The van der Waals surface area contributed by atoms with Gasteiger partial charge >= 0.3 is 0 Å². The van der Waals surface area contributed by atoms with E-state index in [9.17, 15) is 4.79 Å². The lowest BCUT2D eigenvalue weighted by molar-refractivity contribution is -0.126. The van der Waals surface area contributed by atoms with Gasteiger partial charge in [-0.2, -0.15) is 0 Å². The molecule has 1 unspecified atom stereocenters.